The van der Waals surface area contributed by atoms with Gasteiger partial charge in [0.2, 0.25) is 0 Å². The van der Waals surface area contributed by atoms with Crippen molar-refractivity contribution in [1.82, 2.24) is 4.57 Å². The maximum atomic E-state index is 4.86. The smallest absolute Gasteiger partial charge is 0.190 e. The van der Waals surface area contributed by atoms with E-state index in [1.165, 1.54) is 16.0 Å². The summed E-state index contributed by atoms with van der Waals surface area (Å²) in [5.74, 6) is 0. The molecule has 0 atom stereocenters. The minimum absolute atomic E-state index is 0.815. The molecule has 3 heteroatoms. The number of hydrogen-bond acceptors (Lipinski definition) is 2. The van der Waals surface area contributed by atoms with E-state index in [4.69, 9.17) is 4.99 Å². The molecule has 0 amide bonds. The summed E-state index contributed by atoms with van der Waals surface area (Å²) in [5, 5.41) is 0. The van der Waals surface area contributed by atoms with Gasteiger partial charge in [-0.15, -0.1) is 0 Å². The van der Waals surface area contributed by atoms with E-state index in [0.717, 1.165) is 17.0 Å². The molecule has 0 aliphatic heterocycles. The first kappa shape index (κ1) is 15.6. The van der Waals surface area contributed by atoms with Crippen LogP contribution in [0, 0.1) is 0 Å². The molecular weight excluding hydrogens is 324 g/mol. The summed E-state index contributed by atoms with van der Waals surface area (Å²) in [6.07, 6.45) is 2.20. The average Bonchev–Trinajstić information content (AvgIpc) is 3.06. The molecule has 122 valence electrons. The first-order valence-electron chi connectivity index (χ1n) is 8.28. The van der Waals surface area contributed by atoms with Crippen LogP contribution in [0.4, 0.5) is 5.69 Å². The molecule has 0 spiro atoms. The highest BCUT2D eigenvalue weighted by Gasteiger charge is 2.06. The molecule has 0 unspecified atom stereocenters. The van der Waals surface area contributed by atoms with Crippen LogP contribution in [-0.4, -0.2) is 4.57 Å². The van der Waals surface area contributed by atoms with Crippen LogP contribution in [0.15, 0.2) is 102 Å². The van der Waals surface area contributed by atoms with Gasteiger partial charge in [0.25, 0.3) is 0 Å². The lowest BCUT2D eigenvalue weighted by molar-refractivity contribution is 0.771. The standard InChI is InChI=1S/C22H18N2S/c1-4-10-18(11-5-1)16-24-17-21(19-12-6-2-7-13-19)25-22(24)23-20-14-8-3-9-15-20/h1-15,17H,16H2. The third-order valence-electron chi connectivity index (χ3n) is 3.96. The summed E-state index contributed by atoms with van der Waals surface area (Å²) < 4.78 is 2.23. The highest BCUT2D eigenvalue weighted by molar-refractivity contribution is 7.12. The van der Waals surface area contributed by atoms with Gasteiger partial charge >= 0.3 is 0 Å². The zero-order chi connectivity index (χ0) is 16.9. The third-order valence-corrected chi connectivity index (χ3v) is 5.02. The highest BCUT2D eigenvalue weighted by Crippen LogP contribution is 2.22. The van der Waals surface area contributed by atoms with Gasteiger partial charge in [-0.05, 0) is 23.3 Å². The van der Waals surface area contributed by atoms with E-state index in [9.17, 15) is 0 Å². The van der Waals surface area contributed by atoms with Crippen LogP contribution in [0.25, 0.3) is 10.4 Å². The Hall–Kier alpha value is -2.91. The Morgan fingerprint density at radius 3 is 2.00 bits per heavy atom. The summed E-state index contributed by atoms with van der Waals surface area (Å²) in [4.78, 5) is 7.10. The Morgan fingerprint density at radius 2 is 1.32 bits per heavy atom. The molecule has 25 heavy (non-hydrogen) atoms. The van der Waals surface area contributed by atoms with Crippen molar-refractivity contribution in [3.8, 4) is 10.4 Å². The first-order valence-corrected chi connectivity index (χ1v) is 9.09. The van der Waals surface area contributed by atoms with E-state index in [1.807, 2.05) is 42.5 Å². The van der Waals surface area contributed by atoms with E-state index in [-0.39, 0.29) is 0 Å². The summed E-state index contributed by atoms with van der Waals surface area (Å²) in [7, 11) is 0. The van der Waals surface area contributed by atoms with Crippen molar-refractivity contribution < 1.29 is 0 Å². The predicted octanol–water partition coefficient (Wildman–Crippen LogP) is 5.50. The molecule has 0 radical (unpaired) electrons. The second kappa shape index (κ2) is 7.32. The van der Waals surface area contributed by atoms with Gasteiger partial charge in [0.1, 0.15) is 0 Å². The van der Waals surface area contributed by atoms with Crippen molar-refractivity contribution in [2.75, 3.05) is 0 Å². The molecule has 0 saturated heterocycles. The van der Waals surface area contributed by atoms with Crippen LogP contribution in [0.1, 0.15) is 5.56 Å². The topological polar surface area (TPSA) is 17.3 Å². The summed E-state index contributed by atoms with van der Waals surface area (Å²) in [6.45, 7) is 0.815. The van der Waals surface area contributed by atoms with Crippen molar-refractivity contribution in [2.24, 2.45) is 4.99 Å². The van der Waals surface area contributed by atoms with Crippen molar-refractivity contribution in [2.45, 2.75) is 6.54 Å². The van der Waals surface area contributed by atoms with Crippen LogP contribution in [-0.2, 0) is 6.54 Å². The van der Waals surface area contributed by atoms with Gasteiger partial charge < -0.3 is 4.57 Å². The predicted molar refractivity (Wildman–Crippen MR) is 105 cm³/mol. The quantitative estimate of drug-likeness (QED) is 0.466. The first-order chi connectivity index (χ1) is 12.4. The Bertz CT molecular complexity index is 1000. The second-order valence-electron chi connectivity index (χ2n) is 5.80. The Balaban J connectivity index is 1.80. The molecule has 2 nitrogen and oxygen atoms in total. The lowest BCUT2D eigenvalue weighted by atomic mass is 10.2. The number of nitrogens with zero attached hydrogens (tertiary/aromatic N) is 2. The fourth-order valence-corrected chi connectivity index (χ4v) is 3.73. The largest absolute Gasteiger partial charge is 0.319 e. The number of hydrogen-bond donors (Lipinski definition) is 0. The molecule has 4 rings (SSSR count). The molecule has 4 aromatic rings. The minimum Gasteiger partial charge on any atom is -0.319 e. The molecule has 0 aliphatic carbocycles. The van der Waals surface area contributed by atoms with Crippen LogP contribution >= 0.6 is 11.3 Å². The van der Waals surface area contributed by atoms with Gasteiger partial charge in [-0.2, -0.15) is 0 Å². The number of thiazole rings is 1. The lowest BCUT2D eigenvalue weighted by Gasteiger charge is -2.03. The normalized spacial score (nSPS) is 11.6. The van der Waals surface area contributed by atoms with Gasteiger partial charge in [-0.25, -0.2) is 4.99 Å². The number of aromatic nitrogens is 1. The fraction of sp³-hybridized carbons (Fsp3) is 0.0455. The summed E-state index contributed by atoms with van der Waals surface area (Å²) >= 11 is 1.72. The Labute approximate surface area is 151 Å². The second-order valence-corrected chi connectivity index (χ2v) is 6.81. The zero-order valence-electron chi connectivity index (χ0n) is 13.7. The Kier molecular flexibility index (Phi) is 4.57. The Morgan fingerprint density at radius 1 is 0.720 bits per heavy atom. The van der Waals surface area contributed by atoms with E-state index in [1.54, 1.807) is 11.3 Å². The monoisotopic (exact) mass is 342 g/mol. The molecule has 0 aliphatic rings. The van der Waals surface area contributed by atoms with Gasteiger partial charge in [0, 0.05) is 12.7 Å². The highest BCUT2D eigenvalue weighted by atomic mass is 32.1. The van der Waals surface area contributed by atoms with E-state index < -0.39 is 0 Å². The minimum atomic E-state index is 0.815. The summed E-state index contributed by atoms with van der Waals surface area (Å²) in [6, 6.07) is 31.1. The van der Waals surface area contributed by atoms with E-state index in [0.29, 0.717) is 0 Å². The maximum Gasteiger partial charge on any atom is 0.190 e. The number of benzene rings is 3. The molecule has 0 fully saturated rings. The van der Waals surface area contributed by atoms with Crippen LogP contribution in [0.5, 0.6) is 0 Å². The fourth-order valence-electron chi connectivity index (χ4n) is 2.71. The van der Waals surface area contributed by atoms with Gasteiger partial charge in [0.15, 0.2) is 4.80 Å². The maximum absolute atomic E-state index is 4.86. The average molecular weight is 342 g/mol. The zero-order valence-corrected chi connectivity index (χ0v) is 14.6. The van der Waals surface area contributed by atoms with E-state index >= 15 is 0 Å². The van der Waals surface area contributed by atoms with Gasteiger partial charge in [-0.1, -0.05) is 90.2 Å². The molecule has 1 aromatic heterocycles. The number of para-hydroxylation sites is 1. The van der Waals surface area contributed by atoms with Crippen LogP contribution in [0.2, 0.25) is 0 Å². The molecule has 1 heterocycles. The SMILES string of the molecule is c1ccc(Cn2cc(-c3ccccc3)sc2=Nc2ccccc2)cc1. The molecule has 0 saturated carbocycles. The van der Waals surface area contributed by atoms with Crippen molar-refractivity contribution in [1.29, 1.82) is 0 Å². The lowest BCUT2D eigenvalue weighted by Crippen LogP contribution is -2.14. The molecule has 0 N–H and O–H groups in total. The summed E-state index contributed by atoms with van der Waals surface area (Å²) in [5.41, 5.74) is 3.48. The van der Waals surface area contributed by atoms with Crippen molar-refractivity contribution in [3.05, 3.63) is 108 Å². The van der Waals surface area contributed by atoms with Gasteiger partial charge in [-0.3, -0.25) is 0 Å². The molecule has 0 bridgehead atoms. The number of rotatable bonds is 4. The molecular formula is C22H18N2S. The van der Waals surface area contributed by atoms with Crippen LogP contribution < -0.4 is 4.80 Å². The third kappa shape index (κ3) is 3.78. The van der Waals surface area contributed by atoms with E-state index in [2.05, 4.69) is 59.3 Å². The van der Waals surface area contributed by atoms with Gasteiger partial charge in [0.05, 0.1) is 10.6 Å². The van der Waals surface area contributed by atoms with Crippen molar-refractivity contribution >= 4 is 17.0 Å². The molecule has 3 aromatic carbocycles. The van der Waals surface area contributed by atoms with Crippen LogP contribution in [0.3, 0.4) is 0 Å². The van der Waals surface area contributed by atoms with Crippen molar-refractivity contribution in [3.63, 3.8) is 0 Å².